The molecule has 0 heterocycles. The van der Waals surface area contributed by atoms with Crippen LogP contribution in [-0.4, -0.2) is 22.6 Å². The van der Waals surface area contributed by atoms with Crippen molar-refractivity contribution in [3.05, 3.63) is 0 Å². The Labute approximate surface area is 112 Å². The van der Waals surface area contributed by atoms with E-state index >= 15 is 0 Å². The number of carbonyl (C=O) groups excluding carboxylic acids is 2. The molecule has 3 aliphatic carbocycles. The van der Waals surface area contributed by atoms with Crippen LogP contribution in [0.25, 0.3) is 0 Å². The summed E-state index contributed by atoms with van der Waals surface area (Å²) >= 11 is 0. The van der Waals surface area contributed by atoms with Gasteiger partial charge in [-0.05, 0) is 24.2 Å². The molecule has 4 heteroatoms. The highest BCUT2D eigenvalue weighted by Crippen LogP contribution is 2.72. The molecule has 0 amide bonds. The van der Waals surface area contributed by atoms with Gasteiger partial charge in [-0.1, -0.05) is 20.8 Å². The number of hydrogen-bond acceptors (Lipinski definition) is 3. The summed E-state index contributed by atoms with van der Waals surface area (Å²) in [5.74, 6) is -1.96. The summed E-state index contributed by atoms with van der Waals surface area (Å²) in [5.41, 5.74) is -0.945. The van der Waals surface area contributed by atoms with E-state index in [1.807, 2.05) is 6.92 Å². The lowest BCUT2D eigenvalue weighted by Crippen LogP contribution is -2.43. The van der Waals surface area contributed by atoms with Crippen molar-refractivity contribution in [3.8, 4) is 0 Å². The van der Waals surface area contributed by atoms with E-state index in [2.05, 4.69) is 6.92 Å². The maximum Gasteiger partial charge on any atom is 0.307 e. The predicted octanol–water partition coefficient (Wildman–Crippen LogP) is 1.92. The van der Waals surface area contributed by atoms with Crippen molar-refractivity contribution in [1.29, 1.82) is 0 Å². The Kier molecular flexibility index (Phi) is 2.34. The molecular weight excluding hydrogens is 244 g/mol. The monoisotopic (exact) mass is 264 g/mol. The van der Waals surface area contributed by atoms with E-state index < -0.39 is 17.3 Å². The molecule has 6 atom stereocenters. The Morgan fingerprint density at radius 2 is 2.00 bits per heavy atom. The fraction of sp³-hybridized carbons (Fsp3) is 0.800. The van der Waals surface area contributed by atoms with E-state index in [0.717, 1.165) is 6.42 Å². The highest BCUT2D eigenvalue weighted by atomic mass is 16.4. The van der Waals surface area contributed by atoms with Crippen molar-refractivity contribution >= 4 is 17.5 Å². The molecule has 5 unspecified atom stereocenters. The van der Waals surface area contributed by atoms with Crippen LogP contribution in [0.4, 0.5) is 0 Å². The SMILES string of the molecule is CC1C(=O)CC2C3(C)CCC2([C@H](C)C(=O)O)C(=O)C13. The summed E-state index contributed by atoms with van der Waals surface area (Å²) in [4.78, 5) is 36.4. The predicted molar refractivity (Wildman–Crippen MR) is 67.3 cm³/mol. The molecule has 3 rings (SSSR count). The van der Waals surface area contributed by atoms with Crippen molar-refractivity contribution in [2.75, 3.05) is 0 Å². The van der Waals surface area contributed by atoms with Crippen LogP contribution >= 0.6 is 0 Å². The minimum atomic E-state index is -0.912. The number of rotatable bonds is 2. The van der Waals surface area contributed by atoms with E-state index in [1.54, 1.807) is 6.92 Å². The summed E-state index contributed by atoms with van der Waals surface area (Å²) in [7, 11) is 0. The zero-order chi connectivity index (χ0) is 14.2. The van der Waals surface area contributed by atoms with Gasteiger partial charge >= 0.3 is 5.97 Å². The summed E-state index contributed by atoms with van der Waals surface area (Å²) in [6.45, 7) is 5.57. The molecule has 3 saturated carbocycles. The van der Waals surface area contributed by atoms with Gasteiger partial charge in [0.15, 0.2) is 0 Å². The van der Waals surface area contributed by atoms with Gasteiger partial charge in [0.05, 0.1) is 5.92 Å². The molecule has 0 spiro atoms. The molecule has 0 aromatic heterocycles. The second kappa shape index (κ2) is 3.47. The summed E-state index contributed by atoms with van der Waals surface area (Å²) < 4.78 is 0. The van der Waals surface area contributed by atoms with E-state index in [1.165, 1.54) is 0 Å². The van der Waals surface area contributed by atoms with Gasteiger partial charge in [-0.25, -0.2) is 0 Å². The first-order valence-electron chi connectivity index (χ1n) is 7.06. The van der Waals surface area contributed by atoms with Gasteiger partial charge in [0.1, 0.15) is 11.6 Å². The lowest BCUT2D eigenvalue weighted by atomic mass is 9.62. The molecule has 19 heavy (non-hydrogen) atoms. The molecule has 4 bridgehead atoms. The van der Waals surface area contributed by atoms with Crippen molar-refractivity contribution in [1.82, 2.24) is 0 Å². The number of ketones is 2. The van der Waals surface area contributed by atoms with E-state index in [-0.39, 0.29) is 34.7 Å². The van der Waals surface area contributed by atoms with Gasteiger partial charge in [0.2, 0.25) is 0 Å². The minimum Gasteiger partial charge on any atom is -0.481 e. The van der Waals surface area contributed by atoms with E-state index in [0.29, 0.717) is 12.8 Å². The van der Waals surface area contributed by atoms with Gasteiger partial charge in [-0.15, -0.1) is 0 Å². The largest absolute Gasteiger partial charge is 0.481 e. The third-order valence-corrected chi connectivity index (χ3v) is 6.50. The third-order valence-electron chi connectivity index (χ3n) is 6.50. The zero-order valence-corrected chi connectivity index (χ0v) is 11.6. The van der Waals surface area contributed by atoms with Crippen LogP contribution in [0.15, 0.2) is 0 Å². The van der Waals surface area contributed by atoms with Crippen LogP contribution < -0.4 is 0 Å². The Balaban J connectivity index is 2.16. The molecule has 4 nitrogen and oxygen atoms in total. The van der Waals surface area contributed by atoms with Crippen molar-refractivity contribution < 1.29 is 19.5 Å². The zero-order valence-electron chi connectivity index (χ0n) is 11.6. The number of hydrogen-bond donors (Lipinski definition) is 1. The molecule has 0 saturated heterocycles. The number of carboxylic acids is 1. The highest BCUT2D eigenvalue weighted by Gasteiger charge is 2.75. The summed E-state index contributed by atoms with van der Waals surface area (Å²) in [5, 5.41) is 9.37. The summed E-state index contributed by atoms with van der Waals surface area (Å²) in [6.07, 6.45) is 1.90. The smallest absolute Gasteiger partial charge is 0.307 e. The Morgan fingerprint density at radius 1 is 1.37 bits per heavy atom. The lowest BCUT2D eigenvalue weighted by molar-refractivity contribution is -0.152. The van der Waals surface area contributed by atoms with Crippen LogP contribution in [0.3, 0.4) is 0 Å². The average molecular weight is 264 g/mol. The van der Waals surface area contributed by atoms with Gasteiger partial charge in [0, 0.05) is 23.7 Å². The van der Waals surface area contributed by atoms with Crippen LogP contribution in [0.1, 0.15) is 40.0 Å². The van der Waals surface area contributed by atoms with Crippen molar-refractivity contribution in [2.45, 2.75) is 40.0 Å². The second-order valence-electron chi connectivity index (χ2n) is 6.96. The molecule has 0 aromatic carbocycles. The van der Waals surface area contributed by atoms with E-state index in [4.69, 9.17) is 0 Å². The molecule has 3 fully saturated rings. The Morgan fingerprint density at radius 3 is 2.58 bits per heavy atom. The Bertz CT molecular complexity index is 496. The topological polar surface area (TPSA) is 71.4 Å². The number of aliphatic carboxylic acids is 1. The van der Waals surface area contributed by atoms with Crippen molar-refractivity contribution in [3.63, 3.8) is 0 Å². The molecule has 0 radical (unpaired) electrons. The fourth-order valence-corrected chi connectivity index (χ4v) is 5.41. The first kappa shape index (κ1) is 12.8. The average Bonchev–Trinajstić information content (AvgIpc) is 2.69. The van der Waals surface area contributed by atoms with Gasteiger partial charge in [-0.3, -0.25) is 14.4 Å². The normalized spacial score (nSPS) is 49.5. The minimum absolute atomic E-state index is 0.0551. The molecule has 0 aliphatic heterocycles. The molecule has 0 aromatic rings. The van der Waals surface area contributed by atoms with Crippen LogP contribution in [0.2, 0.25) is 0 Å². The Hall–Kier alpha value is -1.19. The number of carbonyl (C=O) groups is 3. The van der Waals surface area contributed by atoms with Gasteiger partial charge in [0.25, 0.3) is 0 Å². The third kappa shape index (κ3) is 1.18. The lowest BCUT2D eigenvalue weighted by Gasteiger charge is -2.40. The first-order chi connectivity index (χ1) is 8.76. The molecular formula is C15H20O4. The molecule has 1 N–H and O–H groups in total. The van der Waals surface area contributed by atoms with Crippen LogP contribution in [0, 0.1) is 34.5 Å². The molecule has 3 aliphatic rings. The number of Topliss-reactive ketones (excluding diaryl/α,β-unsaturated/α-hetero) is 2. The first-order valence-corrected chi connectivity index (χ1v) is 7.06. The van der Waals surface area contributed by atoms with Crippen molar-refractivity contribution in [2.24, 2.45) is 34.5 Å². The summed E-state index contributed by atoms with van der Waals surface area (Å²) in [6, 6.07) is 0. The fourth-order valence-electron chi connectivity index (χ4n) is 5.41. The maximum atomic E-state index is 12.9. The quantitative estimate of drug-likeness (QED) is 0.827. The molecule has 104 valence electrons. The van der Waals surface area contributed by atoms with Gasteiger partial charge in [-0.2, -0.15) is 0 Å². The van der Waals surface area contributed by atoms with Gasteiger partial charge < -0.3 is 5.11 Å². The van der Waals surface area contributed by atoms with Crippen LogP contribution in [0.5, 0.6) is 0 Å². The van der Waals surface area contributed by atoms with E-state index in [9.17, 15) is 19.5 Å². The number of carboxylic acid groups (broad SMARTS) is 1. The van der Waals surface area contributed by atoms with Crippen LogP contribution in [-0.2, 0) is 14.4 Å². The highest BCUT2D eigenvalue weighted by molar-refractivity contribution is 6.02. The standard InChI is InChI=1S/C15H20O4/c1-7-9(16)6-10-14(3)4-5-15(10,8(2)13(18)19)12(17)11(7)14/h7-8,10-11H,4-6H2,1-3H3,(H,18,19)/t7?,8-,10?,11?,14?,15?/m1/s1. The maximum absolute atomic E-state index is 12.9. The second-order valence-corrected chi connectivity index (χ2v) is 6.96.